The normalized spacial score (nSPS) is 10.7. The number of fused-ring (bicyclic) bond motifs is 1. The Morgan fingerprint density at radius 3 is 2.17 bits per heavy atom. The average molecular weight is 236 g/mol. The maximum atomic E-state index is 12.0. The molecular weight excluding hydrogens is 224 g/mol. The summed E-state index contributed by atoms with van der Waals surface area (Å²) in [4.78, 5) is 14.9. The first-order valence-electron chi connectivity index (χ1n) is 5.73. The predicted octanol–water partition coefficient (Wildman–Crippen LogP) is 2.78. The van der Waals surface area contributed by atoms with Gasteiger partial charge >= 0.3 is 0 Å². The maximum Gasteiger partial charge on any atom is 0.256 e. The van der Waals surface area contributed by atoms with Gasteiger partial charge in [0, 0.05) is 16.3 Å². The predicted molar refractivity (Wildman–Crippen MR) is 74.4 cm³/mol. The summed E-state index contributed by atoms with van der Waals surface area (Å²) in [6.07, 6.45) is 0. The summed E-state index contributed by atoms with van der Waals surface area (Å²) in [5, 5.41) is 1.41. The van der Waals surface area contributed by atoms with E-state index in [4.69, 9.17) is 5.73 Å². The molecular formula is C15H12N2O. The lowest BCUT2D eigenvalue weighted by Gasteiger charge is -2.08. The van der Waals surface area contributed by atoms with Crippen LogP contribution in [0.25, 0.3) is 22.0 Å². The largest absolute Gasteiger partial charge is 0.397 e. The van der Waals surface area contributed by atoms with Gasteiger partial charge in [0.1, 0.15) is 0 Å². The molecule has 0 unspecified atom stereocenters. The number of nitrogens with two attached hydrogens (primary N) is 1. The van der Waals surface area contributed by atoms with Crippen LogP contribution in [0.4, 0.5) is 5.69 Å². The number of nitrogens with one attached hydrogen (secondary N) is 1. The second-order valence-electron chi connectivity index (χ2n) is 4.15. The van der Waals surface area contributed by atoms with Crippen LogP contribution >= 0.6 is 0 Å². The fourth-order valence-electron chi connectivity index (χ4n) is 2.13. The molecule has 0 aliphatic rings. The van der Waals surface area contributed by atoms with Gasteiger partial charge in [-0.2, -0.15) is 0 Å². The molecule has 0 spiro atoms. The molecule has 0 amide bonds. The Kier molecular flexibility index (Phi) is 2.38. The lowest BCUT2D eigenvalue weighted by molar-refractivity contribution is 1.28. The van der Waals surface area contributed by atoms with E-state index in [0.717, 1.165) is 10.9 Å². The van der Waals surface area contributed by atoms with E-state index in [9.17, 15) is 4.79 Å². The van der Waals surface area contributed by atoms with Crippen molar-refractivity contribution < 1.29 is 0 Å². The molecule has 0 saturated carbocycles. The SMILES string of the molecule is Nc1c(-c2ccccc2)[nH]c(=O)c2ccccc12. The highest BCUT2D eigenvalue weighted by molar-refractivity contribution is 5.98. The zero-order valence-corrected chi connectivity index (χ0v) is 9.68. The van der Waals surface area contributed by atoms with Crippen molar-refractivity contribution in [1.82, 2.24) is 4.98 Å². The Labute approximate surface area is 104 Å². The van der Waals surface area contributed by atoms with Crippen molar-refractivity contribution >= 4 is 16.5 Å². The highest BCUT2D eigenvalue weighted by atomic mass is 16.1. The summed E-state index contributed by atoms with van der Waals surface area (Å²) in [6.45, 7) is 0. The van der Waals surface area contributed by atoms with Crippen LogP contribution in [0.1, 0.15) is 0 Å². The standard InChI is InChI=1S/C15H12N2O/c16-13-11-8-4-5-9-12(11)15(18)17-14(13)10-6-2-1-3-7-10/h1-9H,16H2,(H,17,18). The average Bonchev–Trinajstić information content (AvgIpc) is 2.44. The van der Waals surface area contributed by atoms with E-state index in [1.54, 1.807) is 6.07 Å². The third kappa shape index (κ3) is 1.57. The van der Waals surface area contributed by atoms with Crippen LogP contribution < -0.4 is 11.3 Å². The second-order valence-corrected chi connectivity index (χ2v) is 4.15. The number of aromatic nitrogens is 1. The van der Waals surface area contributed by atoms with Gasteiger partial charge in [-0.25, -0.2) is 0 Å². The number of H-pyrrole nitrogens is 1. The maximum absolute atomic E-state index is 12.0. The molecule has 1 aromatic heterocycles. The van der Waals surface area contributed by atoms with Gasteiger partial charge in [-0.15, -0.1) is 0 Å². The quantitative estimate of drug-likeness (QED) is 0.682. The van der Waals surface area contributed by atoms with Crippen molar-refractivity contribution in [2.75, 3.05) is 5.73 Å². The number of aromatic amines is 1. The lowest BCUT2D eigenvalue weighted by Crippen LogP contribution is -2.10. The monoisotopic (exact) mass is 236 g/mol. The summed E-state index contributed by atoms with van der Waals surface area (Å²) in [6, 6.07) is 17.0. The summed E-state index contributed by atoms with van der Waals surface area (Å²) in [5.74, 6) is 0. The highest BCUT2D eigenvalue weighted by Crippen LogP contribution is 2.27. The Balaban J connectivity index is 2.39. The molecule has 3 rings (SSSR count). The van der Waals surface area contributed by atoms with E-state index < -0.39 is 0 Å². The highest BCUT2D eigenvalue weighted by Gasteiger charge is 2.09. The fraction of sp³-hybridized carbons (Fsp3) is 0. The molecule has 2 aromatic carbocycles. The first kappa shape index (κ1) is 10.6. The minimum atomic E-state index is -0.112. The van der Waals surface area contributed by atoms with Crippen LogP contribution in [0.5, 0.6) is 0 Å². The molecule has 0 aliphatic carbocycles. The van der Waals surface area contributed by atoms with E-state index >= 15 is 0 Å². The van der Waals surface area contributed by atoms with Crippen molar-refractivity contribution in [3.8, 4) is 11.3 Å². The molecule has 0 radical (unpaired) electrons. The first-order chi connectivity index (χ1) is 8.77. The van der Waals surface area contributed by atoms with Crippen molar-refractivity contribution in [3.05, 3.63) is 65.0 Å². The summed E-state index contributed by atoms with van der Waals surface area (Å²) in [5.41, 5.74) is 8.24. The molecule has 3 nitrogen and oxygen atoms in total. The molecule has 88 valence electrons. The molecule has 0 atom stereocenters. The third-order valence-electron chi connectivity index (χ3n) is 3.03. The van der Waals surface area contributed by atoms with Gasteiger partial charge in [0.25, 0.3) is 5.56 Å². The molecule has 3 aromatic rings. The summed E-state index contributed by atoms with van der Waals surface area (Å²) in [7, 11) is 0. The summed E-state index contributed by atoms with van der Waals surface area (Å²) < 4.78 is 0. The minimum absolute atomic E-state index is 0.112. The first-order valence-corrected chi connectivity index (χ1v) is 5.73. The van der Waals surface area contributed by atoms with E-state index in [-0.39, 0.29) is 5.56 Å². The molecule has 3 heteroatoms. The Bertz CT molecular complexity index is 760. The van der Waals surface area contributed by atoms with Crippen LogP contribution in [0, 0.1) is 0 Å². The zero-order valence-electron chi connectivity index (χ0n) is 9.68. The molecule has 3 N–H and O–H groups in total. The number of hydrogen-bond donors (Lipinski definition) is 2. The van der Waals surface area contributed by atoms with Crippen LogP contribution in [0.3, 0.4) is 0 Å². The Morgan fingerprint density at radius 2 is 1.44 bits per heavy atom. The lowest BCUT2D eigenvalue weighted by atomic mass is 10.0. The Morgan fingerprint density at radius 1 is 0.833 bits per heavy atom. The van der Waals surface area contributed by atoms with Crippen molar-refractivity contribution in [2.45, 2.75) is 0 Å². The van der Waals surface area contributed by atoms with E-state index in [2.05, 4.69) is 4.98 Å². The van der Waals surface area contributed by atoms with Gasteiger partial charge in [-0.3, -0.25) is 4.79 Å². The van der Waals surface area contributed by atoms with Crippen LogP contribution in [0.2, 0.25) is 0 Å². The number of anilines is 1. The summed E-state index contributed by atoms with van der Waals surface area (Å²) >= 11 is 0. The topological polar surface area (TPSA) is 58.9 Å². The van der Waals surface area contributed by atoms with Gasteiger partial charge in [-0.1, -0.05) is 48.5 Å². The van der Waals surface area contributed by atoms with Crippen molar-refractivity contribution in [1.29, 1.82) is 0 Å². The number of hydrogen-bond acceptors (Lipinski definition) is 2. The van der Waals surface area contributed by atoms with E-state index in [1.807, 2.05) is 48.5 Å². The Hall–Kier alpha value is -2.55. The molecule has 0 saturated heterocycles. The smallest absolute Gasteiger partial charge is 0.256 e. The molecule has 0 fully saturated rings. The van der Waals surface area contributed by atoms with Crippen LogP contribution in [0.15, 0.2) is 59.4 Å². The number of benzene rings is 2. The van der Waals surface area contributed by atoms with Crippen LogP contribution in [-0.4, -0.2) is 4.98 Å². The number of rotatable bonds is 1. The number of pyridine rings is 1. The van der Waals surface area contributed by atoms with Gasteiger partial charge in [0.15, 0.2) is 0 Å². The third-order valence-corrected chi connectivity index (χ3v) is 3.03. The number of nitrogen functional groups attached to an aromatic ring is 1. The fourth-order valence-corrected chi connectivity index (χ4v) is 2.13. The molecule has 0 bridgehead atoms. The molecule has 0 aliphatic heterocycles. The van der Waals surface area contributed by atoms with Crippen molar-refractivity contribution in [3.63, 3.8) is 0 Å². The second kappa shape index (κ2) is 4.04. The molecule has 18 heavy (non-hydrogen) atoms. The van der Waals surface area contributed by atoms with Gasteiger partial charge in [0.05, 0.1) is 11.4 Å². The van der Waals surface area contributed by atoms with E-state index in [1.165, 1.54) is 0 Å². The van der Waals surface area contributed by atoms with Gasteiger partial charge in [0.2, 0.25) is 0 Å². The van der Waals surface area contributed by atoms with Gasteiger partial charge < -0.3 is 10.7 Å². The van der Waals surface area contributed by atoms with Crippen LogP contribution in [-0.2, 0) is 0 Å². The molecule has 1 heterocycles. The minimum Gasteiger partial charge on any atom is -0.397 e. The van der Waals surface area contributed by atoms with Crippen molar-refractivity contribution in [2.24, 2.45) is 0 Å². The van der Waals surface area contributed by atoms with E-state index in [0.29, 0.717) is 16.8 Å². The zero-order chi connectivity index (χ0) is 12.5. The van der Waals surface area contributed by atoms with Gasteiger partial charge in [-0.05, 0) is 6.07 Å².